The number of nitrogens with one attached hydrogen (secondary N) is 1. The summed E-state index contributed by atoms with van der Waals surface area (Å²) >= 11 is 0. The molecule has 1 rings (SSSR count). The predicted octanol–water partition coefficient (Wildman–Crippen LogP) is 2.60. The standard InChI is InChI=1S/C16H26N2O2.ClH/c1-12(11-15(2,3)20-5)18-14(19)16(4,17)13-9-7-6-8-10-13;/h6-10,12H,11,17H2,1-5H3,(H,18,19);1H. The predicted molar refractivity (Wildman–Crippen MR) is 88.5 cm³/mol. The number of carbonyl (C=O) groups is 1. The number of amides is 1. The van der Waals surface area contributed by atoms with Gasteiger partial charge in [-0.2, -0.15) is 0 Å². The van der Waals surface area contributed by atoms with Crippen molar-refractivity contribution in [2.75, 3.05) is 7.11 Å². The van der Waals surface area contributed by atoms with Crippen molar-refractivity contribution in [1.82, 2.24) is 5.32 Å². The van der Waals surface area contributed by atoms with Gasteiger partial charge >= 0.3 is 0 Å². The van der Waals surface area contributed by atoms with Gasteiger partial charge in [0.15, 0.2) is 0 Å². The summed E-state index contributed by atoms with van der Waals surface area (Å²) in [4.78, 5) is 12.4. The fourth-order valence-corrected chi connectivity index (χ4v) is 2.16. The fraction of sp³-hybridized carbons (Fsp3) is 0.562. The van der Waals surface area contributed by atoms with Crippen LogP contribution in [0.2, 0.25) is 0 Å². The first-order valence-electron chi connectivity index (χ1n) is 6.89. The van der Waals surface area contributed by atoms with Gasteiger partial charge < -0.3 is 15.8 Å². The second kappa shape index (κ2) is 7.78. The smallest absolute Gasteiger partial charge is 0.244 e. The van der Waals surface area contributed by atoms with Crippen LogP contribution in [0.5, 0.6) is 0 Å². The van der Waals surface area contributed by atoms with E-state index in [-0.39, 0.29) is 30.0 Å². The monoisotopic (exact) mass is 314 g/mol. The van der Waals surface area contributed by atoms with Gasteiger partial charge in [0.1, 0.15) is 5.54 Å². The molecule has 1 aromatic rings. The van der Waals surface area contributed by atoms with E-state index in [0.29, 0.717) is 0 Å². The van der Waals surface area contributed by atoms with Crippen LogP contribution in [0.25, 0.3) is 0 Å². The van der Waals surface area contributed by atoms with E-state index in [1.807, 2.05) is 51.1 Å². The van der Waals surface area contributed by atoms with E-state index >= 15 is 0 Å². The Morgan fingerprint density at radius 1 is 1.29 bits per heavy atom. The molecule has 0 spiro atoms. The molecule has 0 saturated carbocycles. The summed E-state index contributed by atoms with van der Waals surface area (Å²) in [5, 5.41) is 2.97. The molecule has 2 atom stereocenters. The summed E-state index contributed by atoms with van der Waals surface area (Å²) < 4.78 is 5.38. The first-order chi connectivity index (χ1) is 9.19. The number of halogens is 1. The quantitative estimate of drug-likeness (QED) is 0.848. The zero-order valence-corrected chi connectivity index (χ0v) is 14.3. The minimum atomic E-state index is -1.03. The molecule has 120 valence electrons. The number of ether oxygens (including phenoxy) is 1. The fourth-order valence-electron chi connectivity index (χ4n) is 2.16. The normalized spacial score (nSPS) is 15.5. The van der Waals surface area contributed by atoms with Crippen LogP contribution < -0.4 is 11.1 Å². The number of hydrogen-bond donors (Lipinski definition) is 2. The molecule has 0 saturated heterocycles. The highest BCUT2D eigenvalue weighted by atomic mass is 35.5. The maximum atomic E-state index is 12.4. The van der Waals surface area contributed by atoms with Gasteiger partial charge in [-0.05, 0) is 39.7 Å². The zero-order chi connectivity index (χ0) is 15.4. The Morgan fingerprint density at radius 3 is 2.29 bits per heavy atom. The number of methoxy groups -OCH3 is 1. The van der Waals surface area contributed by atoms with Crippen molar-refractivity contribution in [3.63, 3.8) is 0 Å². The summed E-state index contributed by atoms with van der Waals surface area (Å²) in [7, 11) is 1.67. The molecule has 5 heteroatoms. The molecule has 21 heavy (non-hydrogen) atoms. The van der Waals surface area contributed by atoms with Crippen LogP contribution in [0, 0.1) is 0 Å². The van der Waals surface area contributed by atoms with Crippen LogP contribution >= 0.6 is 12.4 Å². The second-order valence-electron chi connectivity index (χ2n) is 6.11. The highest BCUT2D eigenvalue weighted by Crippen LogP contribution is 2.19. The van der Waals surface area contributed by atoms with Crippen LogP contribution in [0.3, 0.4) is 0 Å². The molecular weight excluding hydrogens is 288 g/mol. The molecule has 1 amide bonds. The van der Waals surface area contributed by atoms with Crippen molar-refractivity contribution in [3.05, 3.63) is 35.9 Å². The van der Waals surface area contributed by atoms with Crippen LogP contribution in [0.4, 0.5) is 0 Å². The number of nitrogens with two attached hydrogens (primary N) is 1. The minimum absolute atomic E-state index is 0. The van der Waals surface area contributed by atoms with Crippen molar-refractivity contribution < 1.29 is 9.53 Å². The van der Waals surface area contributed by atoms with E-state index in [2.05, 4.69) is 5.32 Å². The largest absolute Gasteiger partial charge is 0.379 e. The Morgan fingerprint density at radius 2 is 1.81 bits per heavy atom. The molecular formula is C16H27ClN2O2. The van der Waals surface area contributed by atoms with Crippen LogP contribution in [-0.2, 0) is 15.1 Å². The van der Waals surface area contributed by atoms with E-state index in [4.69, 9.17) is 10.5 Å². The first kappa shape index (κ1) is 19.9. The Hall–Kier alpha value is -1.10. The third kappa shape index (κ3) is 5.65. The van der Waals surface area contributed by atoms with E-state index in [1.54, 1.807) is 14.0 Å². The van der Waals surface area contributed by atoms with E-state index in [0.717, 1.165) is 12.0 Å². The van der Waals surface area contributed by atoms with Gasteiger partial charge in [0.2, 0.25) is 5.91 Å². The van der Waals surface area contributed by atoms with Crippen LogP contribution in [0.15, 0.2) is 30.3 Å². The lowest BCUT2D eigenvalue weighted by Crippen LogP contribution is -2.52. The zero-order valence-electron chi connectivity index (χ0n) is 13.5. The second-order valence-corrected chi connectivity index (χ2v) is 6.11. The number of benzene rings is 1. The van der Waals surface area contributed by atoms with Crippen molar-refractivity contribution in [1.29, 1.82) is 0 Å². The van der Waals surface area contributed by atoms with Gasteiger partial charge in [0.25, 0.3) is 0 Å². The summed E-state index contributed by atoms with van der Waals surface area (Å²) in [5.74, 6) is -0.178. The van der Waals surface area contributed by atoms with Gasteiger partial charge in [0, 0.05) is 13.2 Å². The molecule has 0 fully saturated rings. The summed E-state index contributed by atoms with van der Waals surface area (Å²) in [5.41, 5.74) is 5.68. The van der Waals surface area contributed by atoms with E-state index < -0.39 is 5.54 Å². The number of carbonyl (C=O) groups excluding carboxylic acids is 1. The van der Waals surface area contributed by atoms with Gasteiger partial charge in [0.05, 0.1) is 5.60 Å². The van der Waals surface area contributed by atoms with Crippen molar-refractivity contribution >= 4 is 18.3 Å². The van der Waals surface area contributed by atoms with E-state index in [9.17, 15) is 4.79 Å². The highest BCUT2D eigenvalue weighted by Gasteiger charge is 2.32. The minimum Gasteiger partial charge on any atom is -0.379 e. The third-order valence-corrected chi connectivity index (χ3v) is 3.57. The molecule has 3 N–H and O–H groups in total. The Balaban J connectivity index is 0.00000400. The molecule has 0 aromatic heterocycles. The van der Waals surface area contributed by atoms with Crippen LogP contribution in [-0.4, -0.2) is 24.7 Å². The van der Waals surface area contributed by atoms with Crippen molar-refractivity contribution in [3.8, 4) is 0 Å². The highest BCUT2D eigenvalue weighted by molar-refractivity contribution is 5.87. The lowest BCUT2D eigenvalue weighted by molar-refractivity contribution is -0.127. The van der Waals surface area contributed by atoms with Gasteiger partial charge in [-0.25, -0.2) is 0 Å². The molecule has 0 aliphatic heterocycles. The molecule has 0 bridgehead atoms. The summed E-state index contributed by atoms with van der Waals surface area (Å²) in [6.07, 6.45) is 0.722. The molecule has 2 unspecified atom stereocenters. The summed E-state index contributed by atoms with van der Waals surface area (Å²) in [6.45, 7) is 7.68. The van der Waals surface area contributed by atoms with Crippen molar-refractivity contribution in [2.24, 2.45) is 5.73 Å². The maximum Gasteiger partial charge on any atom is 0.244 e. The van der Waals surface area contributed by atoms with Gasteiger partial charge in [-0.1, -0.05) is 30.3 Å². The Kier molecular flexibility index (Phi) is 7.37. The Bertz CT molecular complexity index is 447. The maximum absolute atomic E-state index is 12.4. The molecule has 0 radical (unpaired) electrons. The van der Waals surface area contributed by atoms with Gasteiger partial charge in [-0.15, -0.1) is 12.4 Å². The molecule has 0 aliphatic carbocycles. The third-order valence-electron chi connectivity index (χ3n) is 3.57. The molecule has 0 heterocycles. The lowest BCUT2D eigenvalue weighted by Gasteiger charge is -2.30. The molecule has 0 aliphatic rings. The number of hydrogen-bond acceptors (Lipinski definition) is 3. The van der Waals surface area contributed by atoms with Crippen molar-refractivity contribution in [2.45, 2.75) is 51.3 Å². The average Bonchev–Trinajstić information content (AvgIpc) is 2.39. The van der Waals surface area contributed by atoms with Crippen LogP contribution in [0.1, 0.15) is 39.7 Å². The van der Waals surface area contributed by atoms with Gasteiger partial charge in [-0.3, -0.25) is 4.79 Å². The van der Waals surface area contributed by atoms with E-state index in [1.165, 1.54) is 0 Å². The summed E-state index contributed by atoms with van der Waals surface area (Å²) in [6, 6.07) is 9.38. The lowest BCUT2D eigenvalue weighted by atomic mass is 9.91. The molecule has 4 nitrogen and oxygen atoms in total. The first-order valence-corrected chi connectivity index (χ1v) is 6.89. The topological polar surface area (TPSA) is 64.3 Å². The Labute approximate surface area is 133 Å². The SMILES string of the molecule is COC(C)(C)CC(C)NC(=O)C(C)(N)c1ccccc1.Cl. The average molecular weight is 315 g/mol. The number of rotatable bonds is 6. The molecule has 1 aromatic carbocycles.